The van der Waals surface area contributed by atoms with E-state index in [4.69, 9.17) is 28.4 Å². The van der Waals surface area contributed by atoms with Gasteiger partial charge in [0.15, 0.2) is 12.6 Å². The first-order chi connectivity index (χ1) is 7.76. The normalized spacial score (nSPS) is 35.2. The van der Waals surface area contributed by atoms with Crippen LogP contribution in [-0.2, 0) is 28.4 Å². The lowest BCUT2D eigenvalue weighted by atomic mass is 10.2. The minimum absolute atomic E-state index is 0.298. The maximum absolute atomic E-state index is 5.67. The van der Waals surface area contributed by atoms with E-state index >= 15 is 0 Å². The Balaban J connectivity index is 2.59. The van der Waals surface area contributed by atoms with Crippen molar-refractivity contribution in [3.63, 3.8) is 0 Å². The maximum atomic E-state index is 5.67. The Hall–Kier alpha value is -0.240. The molecule has 0 aromatic heterocycles. The van der Waals surface area contributed by atoms with Crippen molar-refractivity contribution in [3.8, 4) is 0 Å². The molecule has 4 unspecified atom stereocenters. The van der Waals surface area contributed by atoms with Gasteiger partial charge in [-0.3, -0.25) is 0 Å². The summed E-state index contributed by atoms with van der Waals surface area (Å²) >= 11 is 0. The second-order valence-corrected chi connectivity index (χ2v) is 3.47. The van der Waals surface area contributed by atoms with Gasteiger partial charge in [-0.1, -0.05) is 0 Å². The number of hydrogen-bond donors (Lipinski definition) is 0. The molecule has 4 atom stereocenters. The summed E-state index contributed by atoms with van der Waals surface area (Å²) in [4.78, 5) is 0. The molecule has 0 saturated carbocycles. The first-order valence-corrected chi connectivity index (χ1v) is 5.11. The van der Waals surface area contributed by atoms with Gasteiger partial charge in [-0.25, -0.2) is 0 Å². The van der Waals surface area contributed by atoms with E-state index in [-0.39, 0.29) is 12.2 Å². The Bertz CT molecular complexity index is 168. The minimum Gasteiger partial charge on any atom is -0.382 e. The fourth-order valence-electron chi connectivity index (χ4n) is 1.63. The van der Waals surface area contributed by atoms with Gasteiger partial charge in [-0.05, 0) is 0 Å². The van der Waals surface area contributed by atoms with Crippen molar-refractivity contribution in [1.82, 2.24) is 0 Å². The lowest BCUT2D eigenvalue weighted by Gasteiger charge is -2.39. The largest absolute Gasteiger partial charge is 0.382 e. The van der Waals surface area contributed by atoms with Crippen LogP contribution in [0.5, 0.6) is 0 Å². The van der Waals surface area contributed by atoms with Gasteiger partial charge in [0.05, 0.1) is 13.2 Å². The Labute approximate surface area is 95.7 Å². The molecule has 1 aliphatic heterocycles. The Morgan fingerprint density at radius 2 is 1.12 bits per heavy atom. The maximum Gasteiger partial charge on any atom is 0.186 e. The standard InChI is InChI=1S/C10H20O6/c1-11-5-7-9(13-3)16-8(6-12-2)10(14-4)15-7/h7-10H,5-6H2,1-4H3. The zero-order valence-corrected chi connectivity index (χ0v) is 10.2. The zero-order chi connectivity index (χ0) is 12.0. The molecule has 0 spiro atoms. The monoisotopic (exact) mass is 236 g/mol. The zero-order valence-electron chi connectivity index (χ0n) is 10.2. The first-order valence-electron chi connectivity index (χ1n) is 5.11. The van der Waals surface area contributed by atoms with Crippen molar-refractivity contribution in [2.24, 2.45) is 0 Å². The van der Waals surface area contributed by atoms with Gasteiger partial charge in [0.25, 0.3) is 0 Å². The quantitative estimate of drug-likeness (QED) is 0.647. The summed E-state index contributed by atoms with van der Waals surface area (Å²) in [7, 11) is 6.32. The SMILES string of the molecule is COCC1OC(OC)C(COC)OC1OC. The summed E-state index contributed by atoms with van der Waals surface area (Å²) in [6, 6.07) is 0. The van der Waals surface area contributed by atoms with Crippen LogP contribution in [0, 0.1) is 0 Å². The molecule has 96 valence electrons. The molecule has 0 aliphatic carbocycles. The van der Waals surface area contributed by atoms with Crippen LogP contribution in [0.2, 0.25) is 0 Å². The number of ether oxygens (including phenoxy) is 6. The minimum atomic E-state index is -0.466. The molecule has 6 heteroatoms. The van der Waals surface area contributed by atoms with E-state index in [1.807, 2.05) is 0 Å². The third-order valence-corrected chi connectivity index (χ3v) is 2.35. The van der Waals surface area contributed by atoms with Crippen molar-refractivity contribution in [3.05, 3.63) is 0 Å². The number of methoxy groups -OCH3 is 4. The highest BCUT2D eigenvalue weighted by Crippen LogP contribution is 2.22. The van der Waals surface area contributed by atoms with E-state index in [1.54, 1.807) is 28.4 Å². The second kappa shape index (κ2) is 7.16. The van der Waals surface area contributed by atoms with Crippen molar-refractivity contribution in [1.29, 1.82) is 0 Å². The molecule has 1 fully saturated rings. The van der Waals surface area contributed by atoms with E-state index in [1.165, 1.54) is 0 Å². The molecule has 0 radical (unpaired) electrons. The van der Waals surface area contributed by atoms with E-state index < -0.39 is 12.6 Å². The first kappa shape index (κ1) is 13.8. The molecular formula is C10H20O6. The molecule has 0 bridgehead atoms. The van der Waals surface area contributed by atoms with Crippen LogP contribution in [0.25, 0.3) is 0 Å². The summed E-state index contributed by atoms with van der Waals surface area (Å²) in [5.74, 6) is 0. The van der Waals surface area contributed by atoms with Gasteiger partial charge >= 0.3 is 0 Å². The van der Waals surface area contributed by atoms with E-state index in [2.05, 4.69) is 0 Å². The Morgan fingerprint density at radius 1 is 0.750 bits per heavy atom. The average molecular weight is 236 g/mol. The average Bonchev–Trinajstić information content (AvgIpc) is 2.31. The van der Waals surface area contributed by atoms with Gasteiger partial charge in [0.2, 0.25) is 0 Å². The summed E-state index contributed by atoms with van der Waals surface area (Å²) < 4.78 is 31.8. The summed E-state index contributed by atoms with van der Waals surface area (Å²) in [6.45, 7) is 0.774. The predicted molar refractivity (Wildman–Crippen MR) is 55.1 cm³/mol. The van der Waals surface area contributed by atoms with Crippen LogP contribution in [0.4, 0.5) is 0 Å². The van der Waals surface area contributed by atoms with Crippen molar-refractivity contribution in [2.75, 3.05) is 41.7 Å². The summed E-state index contributed by atoms with van der Waals surface area (Å²) in [5.41, 5.74) is 0. The molecule has 0 aromatic rings. The van der Waals surface area contributed by atoms with E-state index in [0.29, 0.717) is 13.2 Å². The topological polar surface area (TPSA) is 55.4 Å². The molecule has 0 N–H and O–H groups in total. The highest BCUT2D eigenvalue weighted by atomic mass is 16.8. The van der Waals surface area contributed by atoms with E-state index in [9.17, 15) is 0 Å². The summed E-state index contributed by atoms with van der Waals surface area (Å²) in [5, 5.41) is 0. The van der Waals surface area contributed by atoms with Gasteiger partial charge in [-0.2, -0.15) is 0 Å². The molecule has 1 rings (SSSR count). The third-order valence-electron chi connectivity index (χ3n) is 2.35. The molecule has 1 aliphatic rings. The predicted octanol–water partition coefficient (Wildman–Crippen LogP) is 0.00820. The Kier molecular flexibility index (Phi) is 6.18. The third kappa shape index (κ3) is 3.38. The number of rotatable bonds is 6. The smallest absolute Gasteiger partial charge is 0.186 e. The van der Waals surface area contributed by atoms with Crippen LogP contribution in [0.15, 0.2) is 0 Å². The van der Waals surface area contributed by atoms with Crippen molar-refractivity contribution >= 4 is 0 Å². The highest BCUT2D eigenvalue weighted by Gasteiger charge is 2.39. The van der Waals surface area contributed by atoms with Gasteiger partial charge in [0.1, 0.15) is 12.2 Å². The lowest BCUT2D eigenvalue weighted by Crippen LogP contribution is -2.53. The molecular weight excluding hydrogens is 216 g/mol. The highest BCUT2D eigenvalue weighted by molar-refractivity contribution is 4.75. The van der Waals surface area contributed by atoms with Gasteiger partial charge in [0, 0.05) is 28.4 Å². The lowest BCUT2D eigenvalue weighted by molar-refractivity contribution is -0.350. The van der Waals surface area contributed by atoms with Crippen LogP contribution in [0.1, 0.15) is 0 Å². The van der Waals surface area contributed by atoms with Crippen LogP contribution in [0.3, 0.4) is 0 Å². The van der Waals surface area contributed by atoms with Crippen molar-refractivity contribution < 1.29 is 28.4 Å². The molecule has 6 nitrogen and oxygen atoms in total. The van der Waals surface area contributed by atoms with Crippen LogP contribution < -0.4 is 0 Å². The molecule has 0 aromatic carbocycles. The van der Waals surface area contributed by atoms with Gasteiger partial charge in [-0.15, -0.1) is 0 Å². The summed E-state index contributed by atoms with van der Waals surface area (Å²) in [6.07, 6.45) is -1.53. The molecule has 1 saturated heterocycles. The van der Waals surface area contributed by atoms with E-state index in [0.717, 1.165) is 0 Å². The Morgan fingerprint density at radius 3 is 1.38 bits per heavy atom. The van der Waals surface area contributed by atoms with Crippen LogP contribution >= 0.6 is 0 Å². The molecule has 0 amide bonds. The van der Waals surface area contributed by atoms with Gasteiger partial charge < -0.3 is 28.4 Å². The fraction of sp³-hybridized carbons (Fsp3) is 1.00. The fourth-order valence-corrected chi connectivity index (χ4v) is 1.63. The molecule has 16 heavy (non-hydrogen) atoms. The second-order valence-electron chi connectivity index (χ2n) is 3.47. The van der Waals surface area contributed by atoms with Crippen LogP contribution in [-0.4, -0.2) is 66.4 Å². The molecule has 1 heterocycles. The number of hydrogen-bond acceptors (Lipinski definition) is 6. The van der Waals surface area contributed by atoms with Crippen molar-refractivity contribution in [2.45, 2.75) is 24.8 Å².